The van der Waals surface area contributed by atoms with E-state index in [4.69, 9.17) is 4.74 Å². The lowest BCUT2D eigenvalue weighted by Gasteiger charge is -2.24. The third-order valence-corrected chi connectivity index (χ3v) is 7.57. The fourth-order valence-corrected chi connectivity index (χ4v) is 4.64. The molecule has 0 radical (unpaired) electrons. The number of nitrogens with zero attached hydrogens (tertiary/aromatic N) is 2. The van der Waals surface area contributed by atoms with E-state index in [1.807, 2.05) is 19.1 Å². The van der Waals surface area contributed by atoms with Gasteiger partial charge in [-0.2, -0.15) is 0 Å². The van der Waals surface area contributed by atoms with Crippen LogP contribution in [0.1, 0.15) is 11.1 Å². The van der Waals surface area contributed by atoms with Crippen molar-refractivity contribution in [2.24, 2.45) is 0 Å². The Morgan fingerprint density at radius 1 is 1.00 bits per heavy atom. The first-order valence-corrected chi connectivity index (χ1v) is 13.1. The number of hydrogen-bond donors (Lipinski definition) is 1. The Kier molecular flexibility index (Phi) is 8.27. The highest BCUT2D eigenvalue weighted by atomic mass is 32.2. The predicted octanol–water partition coefficient (Wildman–Crippen LogP) is 1.51. The number of aryl methyl sites for hydroxylation is 2. The van der Waals surface area contributed by atoms with Gasteiger partial charge in [-0.25, -0.2) is 21.1 Å². The van der Waals surface area contributed by atoms with Crippen LogP contribution < -0.4 is 14.4 Å². The molecule has 2 aromatic rings. The number of ether oxygens (including phenoxy) is 1. The van der Waals surface area contributed by atoms with Gasteiger partial charge in [0.25, 0.3) is 0 Å². The largest absolute Gasteiger partial charge is 0.492 e. The molecule has 176 valence electrons. The SMILES string of the molecule is Cc1ccc(C)c(N(CC(=O)NCCOc2ccc(S(=O)(=O)N(C)C)cc2)S(C)(=O)=O)c1. The van der Waals surface area contributed by atoms with Gasteiger partial charge in [0.05, 0.1) is 23.4 Å². The van der Waals surface area contributed by atoms with Crippen LogP contribution in [0.4, 0.5) is 5.69 Å². The highest BCUT2D eigenvalue weighted by molar-refractivity contribution is 7.92. The van der Waals surface area contributed by atoms with Crippen LogP contribution in [0.5, 0.6) is 5.75 Å². The van der Waals surface area contributed by atoms with E-state index in [0.717, 1.165) is 26.0 Å². The van der Waals surface area contributed by atoms with E-state index in [2.05, 4.69) is 5.32 Å². The molecule has 0 fully saturated rings. The third kappa shape index (κ3) is 6.68. The molecule has 0 saturated carbocycles. The van der Waals surface area contributed by atoms with Crippen molar-refractivity contribution in [3.63, 3.8) is 0 Å². The number of benzene rings is 2. The highest BCUT2D eigenvalue weighted by Gasteiger charge is 2.22. The summed E-state index contributed by atoms with van der Waals surface area (Å²) in [4.78, 5) is 12.5. The fourth-order valence-electron chi connectivity index (χ4n) is 2.83. The second-order valence-electron chi connectivity index (χ2n) is 7.52. The lowest BCUT2D eigenvalue weighted by atomic mass is 10.1. The molecule has 0 spiro atoms. The molecule has 0 heterocycles. The molecule has 0 aliphatic carbocycles. The summed E-state index contributed by atoms with van der Waals surface area (Å²) < 4.78 is 56.4. The van der Waals surface area contributed by atoms with Crippen molar-refractivity contribution in [3.05, 3.63) is 53.6 Å². The van der Waals surface area contributed by atoms with E-state index in [9.17, 15) is 21.6 Å². The quantitative estimate of drug-likeness (QED) is 0.513. The molecule has 0 saturated heterocycles. The van der Waals surface area contributed by atoms with Crippen LogP contribution in [0.25, 0.3) is 0 Å². The minimum atomic E-state index is -3.66. The molecule has 2 rings (SSSR count). The van der Waals surface area contributed by atoms with Gasteiger partial charge in [0, 0.05) is 14.1 Å². The number of rotatable bonds is 10. The number of anilines is 1. The van der Waals surface area contributed by atoms with Crippen molar-refractivity contribution < 1.29 is 26.4 Å². The zero-order valence-electron chi connectivity index (χ0n) is 18.8. The van der Waals surface area contributed by atoms with Gasteiger partial charge >= 0.3 is 0 Å². The minimum absolute atomic E-state index is 0.133. The van der Waals surface area contributed by atoms with Crippen molar-refractivity contribution in [2.45, 2.75) is 18.7 Å². The first kappa shape index (κ1) is 25.6. The number of sulfonamides is 2. The second-order valence-corrected chi connectivity index (χ2v) is 11.6. The second kappa shape index (κ2) is 10.3. The summed E-state index contributed by atoms with van der Waals surface area (Å²) in [6.07, 6.45) is 1.06. The molecule has 32 heavy (non-hydrogen) atoms. The van der Waals surface area contributed by atoms with Crippen molar-refractivity contribution in [2.75, 3.05) is 44.4 Å². The van der Waals surface area contributed by atoms with Crippen LogP contribution in [0, 0.1) is 13.8 Å². The molecule has 0 atom stereocenters. The smallest absolute Gasteiger partial charge is 0.242 e. The summed E-state index contributed by atoms with van der Waals surface area (Å²) in [5, 5.41) is 2.64. The summed E-state index contributed by atoms with van der Waals surface area (Å²) in [5.41, 5.74) is 2.10. The number of nitrogens with one attached hydrogen (secondary N) is 1. The summed E-state index contributed by atoms with van der Waals surface area (Å²) in [5.74, 6) is -0.0162. The molecular weight excluding hydrogens is 454 g/mol. The van der Waals surface area contributed by atoms with Crippen LogP contribution >= 0.6 is 0 Å². The molecule has 1 N–H and O–H groups in total. The molecule has 2 aromatic carbocycles. The molecule has 0 aromatic heterocycles. The zero-order valence-corrected chi connectivity index (χ0v) is 20.5. The maximum Gasteiger partial charge on any atom is 0.242 e. The average molecular weight is 484 g/mol. The highest BCUT2D eigenvalue weighted by Crippen LogP contribution is 2.23. The summed E-state index contributed by atoms with van der Waals surface area (Å²) >= 11 is 0. The number of amides is 1. The van der Waals surface area contributed by atoms with Gasteiger partial charge in [-0.3, -0.25) is 9.10 Å². The van der Waals surface area contributed by atoms with Crippen molar-refractivity contribution >= 4 is 31.6 Å². The standard InChI is InChI=1S/C21H29N3O6S2/c1-16-6-7-17(2)20(14-16)24(31(5,26)27)15-21(25)22-12-13-30-18-8-10-19(11-9-18)32(28,29)23(3)4/h6-11,14H,12-13,15H2,1-5H3,(H,22,25). The van der Waals surface area contributed by atoms with E-state index in [1.165, 1.54) is 38.4 Å². The van der Waals surface area contributed by atoms with Crippen LogP contribution in [0.3, 0.4) is 0 Å². The Balaban J connectivity index is 1.93. The molecular formula is C21H29N3O6S2. The molecule has 0 aliphatic heterocycles. The average Bonchev–Trinajstić information content (AvgIpc) is 2.71. The third-order valence-electron chi connectivity index (χ3n) is 4.62. The van der Waals surface area contributed by atoms with Crippen molar-refractivity contribution in [1.29, 1.82) is 0 Å². The Labute approximate surface area is 190 Å². The van der Waals surface area contributed by atoms with Gasteiger partial charge in [-0.1, -0.05) is 12.1 Å². The lowest BCUT2D eigenvalue weighted by Crippen LogP contribution is -2.41. The Morgan fingerprint density at radius 3 is 2.19 bits per heavy atom. The van der Waals surface area contributed by atoms with Gasteiger partial charge in [0.1, 0.15) is 18.9 Å². The van der Waals surface area contributed by atoms with Gasteiger partial charge in [-0.05, 0) is 55.3 Å². The van der Waals surface area contributed by atoms with Gasteiger partial charge in [0.2, 0.25) is 26.0 Å². The van der Waals surface area contributed by atoms with Crippen LogP contribution in [0.2, 0.25) is 0 Å². The molecule has 0 unspecified atom stereocenters. The van der Waals surface area contributed by atoms with Crippen LogP contribution in [-0.2, 0) is 24.8 Å². The Morgan fingerprint density at radius 2 is 1.62 bits per heavy atom. The molecule has 1 amide bonds. The van der Waals surface area contributed by atoms with E-state index >= 15 is 0 Å². The first-order chi connectivity index (χ1) is 14.8. The topological polar surface area (TPSA) is 113 Å². The molecule has 11 heteroatoms. The summed E-state index contributed by atoms with van der Waals surface area (Å²) in [6.45, 7) is 3.58. The minimum Gasteiger partial charge on any atom is -0.492 e. The predicted molar refractivity (Wildman–Crippen MR) is 124 cm³/mol. The lowest BCUT2D eigenvalue weighted by molar-refractivity contribution is -0.119. The normalized spacial score (nSPS) is 11.9. The van der Waals surface area contributed by atoms with Gasteiger partial charge in [-0.15, -0.1) is 0 Å². The van der Waals surface area contributed by atoms with Crippen molar-refractivity contribution in [3.8, 4) is 5.75 Å². The van der Waals surface area contributed by atoms with E-state index in [0.29, 0.717) is 11.4 Å². The molecule has 0 aliphatic rings. The summed E-state index contributed by atoms with van der Waals surface area (Å²) in [7, 11) is -4.27. The monoisotopic (exact) mass is 483 g/mol. The van der Waals surface area contributed by atoms with Crippen LogP contribution in [0.15, 0.2) is 47.4 Å². The number of carbonyl (C=O) groups is 1. The first-order valence-electron chi connectivity index (χ1n) is 9.79. The maximum absolute atomic E-state index is 12.4. The molecule has 9 nitrogen and oxygen atoms in total. The molecule has 0 bridgehead atoms. The Bertz CT molecular complexity index is 1160. The van der Waals surface area contributed by atoms with E-state index in [-0.39, 0.29) is 24.6 Å². The number of carbonyl (C=O) groups excluding carboxylic acids is 1. The fraction of sp³-hybridized carbons (Fsp3) is 0.381. The number of hydrogen-bond acceptors (Lipinski definition) is 6. The van der Waals surface area contributed by atoms with E-state index in [1.54, 1.807) is 13.0 Å². The van der Waals surface area contributed by atoms with Crippen LogP contribution in [-0.4, -0.2) is 67.1 Å². The van der Waals surface area contributed by atoms with E-state index < -0.39 is 26.0 Å². The summed E-state index contributed by atoms with van der Waals surface area (Å²) in [6, 6.07) is 11.4. The van der Waals surface area contributed by atoms with Gasteiger partial charge in [0.15, 0.2) is 0 Å². The van der Waals surface area contributed by atoms with Crippen molar-refractivity contribution in [1.82, 2.24) is 9.62 Å². The zero-order chi connectivity index (χ0) is 24.1. The maximum atomic E-state index is 12.4. The van der Waals surface area contributed by atoms with Gasteiger partial charge < -0.3 is 10.1 Å². The Hall–Kier alpha value is -2.63.